The van der Waals surface area contributed by atoms with Crippen LogP contribution < -0.4 is 14.8 Å². The summed E-state index contributed by atoms with van der Waals surface area (Å²) in [4.78, 5) is 16.6. The van der Waals surface area contributed by atoms with E-state index in [4.69, 9.17) is 18.9 Å². The number of nitrogens with zero attached hydrogens (tertiary/aromatic N) is 1. The van der Waals surface area contributed by atoms with Gasteiger partial charge in [0.2, 0.25) is 5.76 Å². The number of nitrogens with one attached hydrogen (secondary N) is 1. The quantitative estimate of drug-likeness (QED) is 0.798. The second kappa shape index (κ2) is 8.57. The van der Waals surface area contributed by atoms with Crippen LogP contribution in [-0.2, 0) is 14.3 Å². The fourth-order valence-electron chi connectivity index (χ4n) is 2.35. The van der Waals surface area contributed by atoms with Crippen LogP contribution in [0.4, 0.5) is 5.13 Å². The molecular formula is C18H20N2O5S. The molecule has 1 N–H and O–H groups in total. The molecule has 26 heavy (non-hydrogen) atoms. The van der Waals surface area contributed by atoms with Gasteiger partial charge in [-0.05, 0) is 32.0 Å². The first-order valence-corrected chi connectivity index (χ1v) is 9.20. The van der Waals surface area contributed by atoms with Gasteiger partial charge in [0.05, 0.1) is 18.9 Å². The molecule has 0 fully saturated rings. The zero-order valence-electron chi connectivity index (χ0n) is 14.6. The Morgan fingerprint density at radius 1 is 1.27 bits per heavy atom. The highest BCUT2D eigenvalue weighted by Crippen LogP contribution is 2.35. The summed E-state index contributed by atoms with van der Waals surface area (Å²) in [7, 11) is 0. The summed E-state index contributed by atoms with van der Waals surface area (Å²) in [6.45, 7) is 5.76. The van der Waals surface area contributed by atoms with E-state index >= 15 is 0 Å². The molecule has 1 aliphatic rings. The van der Waals surface area contributed by atoms with Gasteiger partial charge >= 0.3 is 0 Å². The van der Waals surface area contributed by atoms with Crippen molar-refractivity contribution >= 4 is 22.4 Å². The molecule has 2 aromatic rings. The van der Waals surface area contributed by atoms with E-state index in [0.29, 0.717) is 43.0 Å². The van der Waals surface area contributed by atoms with Gasteiger partial charge in [0.25, 0.3) is 5.91 Å². The lowest BCUT2D eigenvalue weighted by Gasteiger charge is -2.14. The van der Waals surface area contributed by atoms with Crippen LogP contribution in [0, 0.1) is 0 Å². The van der Waals surface area contributed by atoms with Crippen molar-refractivity contribution in [3.8, 4) is 22.8 Å². The Balaban J connectivity index is 1.81. The molecule has 0 radical (unpaired) electrons. The van der Waals surface area contributed by atoms with Crippen LogP contribution >= 0.6 is 11.3 Å². The van der Waals surface area contributed by atoms with Crippen molar-refractivity contribution in [1.29, 1.82) is 0 Å². The first-order valence-electron chi connectivity index (χ1n) is 8.32. The molecule has 0 saturated carbocycles. The maximum Gasteiger partial charge on any atom is 0.295 e. The normalized spacial score (nSPS) is 13.2. The Hall–Kier alpha value is -2.74. The minimum atomic E-state index is -0.390. The van der Waals surface area contributed by atoms with E-state index in [1.807, 2.05) is 37.4 Å². The van der Waals surface area contributed by atoms with Crippen molar-refractivity contribution in [2.24, 2.45) is 0 Å². The Morgan fingerprint density at radius 3 is 2.85 bits per heavy atom. The number of hydrogen-bond donors (Lipinski definition) is 1. The van der Waals surface area contributed by atoms with Crippen LogP contribution in [0.15, 0.2) is 35.6 Å². The highest BCUT2D eigenvalue weighted by Gasteiger charge is 2.18. The number of thiazole rings is 1. The second-order valence-electron chi connectivity index (χ2n) is 5.22. The van der Waals surface area contributed by atoms with Gasteiger partial charge in [-0.2, -0.15) is 0 Å². The standard InChI is InChI=1S/C18H20N2O5S/c1-3-23-12-5-6-15(24-4-2)13(9-12)14-11-26-18(19-14)20-17(21)16-10-22-7-8-25-16/h5-6,9-11H,3-4,7-8H2,1-2H3,(H,19,20,21). The summed E-state index contributed by atoms with van der Waals surface area (Å²) in [5, 5.41) is 5.04. The predicted octanol–water partition coefficient (Wildman–Crippen LogP) is 3.43. The molecule has 0 spiro atoms. The van der Waals surface area contributed by atoms with Crippen LogP contribution in [0.1, 0.15) is 13.8 Å². The first kappa shape index (κ1) is 18.1. The molecule has 0 bridgehead atoms. The number of anilines is 1. The number of carbonyl (C=O) groups excluding carboxylic acids is 1. The van der Waals surface area contributed by atoms with E-state index in [2.05, 4.69) is 10.3 Å². The topological polar surface area (TPSA) is 78.9 Å². The molecule has 1 aromatic heterocycles. The third-order valence-electron chi connectivity index (χ3n) is 3.44. The summed E-state index contributed by atoms with van der Waals surface area (Å²) in [6, 6.07) is 5.61. The lowest BCUT2D eigenvalue weighted by molar-refractivity contribution is -0.117. The maximum atomic E-state index is 12.2. The van der Waals surface area contributed by atoms with E-state index < -0.39 is 5.91 Å². The number of rotatable bonds is 7. The van der Waals surface area contributed by atoms with E-state index in [0.717, 1.165) is 11.3 Å². The van der Waals surface area contributed by atoms with E-state index in [1.54, 1.807) is 0 Å². The van der Waals surface area contributed by atoms with E-state index in [-0.39, 0.29) is 5.76 Å². The van der Waals surface area contributed by atoms with Crippen molar-refractivity contribution in [3.05, 3.63) is 35.6 Å². The molecule has 8 heteroatoms. The molecule has 1 aliphatic heterocycles. The number of hydrogen-bond acceptors (Lipinski definition) is 7. The molecular weight excluding hydrogens is 356 g/mol. The molecule has 0 unspecified atom stereocenters. The smallest absolute Gasteiger partial charge is 0.295 e. The van der Waals surface area contributed by atoms with Crippen LogP contribution in [0.2, 0.25) is 0 Å². The SMILES string of the molecule is CCOc1ccc(OCC)c(-c2csc(NC(=O)C3=COCCO3)n2)c1. The van der Waals surface area contributed by atoms with Gasteiger partial charge in [-0.25, -0.2) is 4.98 Å². The average molecular weight is 376 g/mol. The molecule has 3 rings (SSSR count). The Labute approximate surface area is 155 Å². The molecule has 1 aromatic carbocycles. The monoisotopic (exact) mass is 376 g/mol. The summed E-state index contributed by atoms with van der Waals surface area (Å²) >= 11 is 1.32. The minimum absolute atomic E-state index is 0.140. The predicted molar refractivity (Wildman–Crippen MR) is 98.5 cm³/mol. The molecule has 2 heterocycles. The van der Waals surface area contributed by atoms with Crippen molar-refractivity contribution < 1.29 is 23.7 Å². The Morgan fingerprint density at radius 2 is 2.12 bits per heavy atom. The van der Waals surface area contributed by atoms with Crippen molar-refractivity contribution in [2.75, 3.05) is 31.7 Å². The highest BCUT2D eigenvalue weighted by molar-refractivity contribution is 7.14. The third kappa shape index (κ3) is 4.26. The zero-order chi connectivity index (χ0) is 18.4. The third-order valence-corrected chi connectivity index (χ3v) is 4.19. The molecule has 0 atom stereocenters. The van der Waals surface area contributed by atoms with Crippen molar-refractivity contribution in [1.82, 2.24) is 4.98 Å². The van der Waals surface area contributed by atoms with Crippen LogP contribution in [0.3, 0.4) is 0 Å². The zero-order valence-corrected chi connectivity index (χ0v) is 15.4. The summed E-state index contributed by atoms with van der Waals surface area (Å²) in [5.41, 5.74) is 1.51. The fraction of sp³-hybridized carbons (Fsp3) is 0.333. The summed E-state index contributed by atoms with van der Waals surface area (Å²) in [5.74, 6) is 1.20. The number of aromatic nitrogens is 1. The van der Waals surface area contributed by atoms with Gasteiger partial charge in [-0.1, -0.05) is 0 Å². The van der Waals surface area contributed by atoms with Gasteiger partial charge in [0.15, 0.2) is 5.13 Å². The largest absolute Gasteiger partial charge is 0.494 e. The second-order valence-corrected chi connectivity index (χ2v) is 6.08. The van der Waals surface area contributed by atoms with Crippen LogP contribution in [0.25, 0.3) is 11.3 Å². The Bertz CT molecular complexity index is 803. The van der Waals surface area contributed by atoms with Crippen molar-refractivity contribution in [3.63, 3.8) is 0 Å². The number of benzene rings is 1. The molecule has 0 aliphatic carbocycles. The van der Waals surface area contributed by atoms with Gasteiger partial charge in [-0.3, -0.25) is 10.1 Å². The van der Waals surface area contributed by atoms with E-state index in [1.165, 1.54) is 17.6 Å². The maximum absolute atomic E-state index is 12.2. The summed E-state index contributed by atoms with van der Waals surface area (Å²) in [6.07, 6.45) is 1.31. The van der Waals surface area contributed by atoms with E-state index in [9.17, 15) is 4.79 Å². The average Bonchev–Trinajstić information content (AvgIpc) is 3.12. The van der Waals surface area contributed by atoms with Crippen LogP contribution in [-0.4, -0.2) is 37.3 Å². The fourth-order valence-corrected chi connectivity index (χ4v) is 3.05. The lowest BCUT2D eigenvalue weighted by atomic mass is 10.1. The summed E-state index contributed by atoms with van der Waals surface area (Å²) < 4.78 is 21.6. The van der Waals surface area contributed by atoms with Gasteiger partial charge < -0.3 is 18.9 Å². The van der Waals surface area contributed by atoms with Gasteiger partial charge in [0, 0.05) is 10.9 Å². The number of ether oxygens (including phenoxy) is 4. The highest BCUT2D eigenvalue weighted by atomic mass is 32.1. The van der Waals surface area contributed by atoms with Gasteiger partial charge in [0.1, 0.15) is 31.0 Å². The number of carbonyl (C=O) groups is 1. The number of amides is 1. The lowest BCUT2D eigenvalue weighted by Crippen LogP contribution is -2.21. The minimum Gasteiger partial charge on any atom is -0.494 e. The molecule has 1 amide bonds. The molecule has 7 nitrogen and oxygen atoms in total. The molecule has 0 saturated heterocycles. The van der Waals surface area contributed by atoms with Gasteiger partial charge in [-0.15, -0.1) is 11.3 Å². The molecule has 138 valence electrons. The van der Waals surface area contributed by atoms with Crippen molar-refractivity contribution in [2.45, 2.75) is 13.8 Å². The van der Waals surface area contributed by atoms with Crippen LogP contribution in [0.5, 0.6) is 11.5 Å². The first-order chi connectivity index (χ1) is 12.7. The Kier molecular flexibility index (Phi) is 5.96.